The predicted molar refractivity (Wildman–Crippen MR) is 172 cm³/mol. The van der Waals surface area contributed by atoms with Gasteiger partial charge in [0.15, 0.2) is 0 Å². The molecule has 8 nitrogen and oxygen atoms in total. The number of methoxy groups -OCH3 is 2. The molecular formula is C33H30ClN3O5S. The van der Waals surface area contributed by atoms with E-state index in [9.17, 15) is 14.4 Å². The van der Waals surface area contributed by atoms with Gasteiger partial charge < -0.3 is 25.4 Å². The minimum atomic E-state index is -0.522. The van der Waals surface area contributed by atoms with Gasteiger partial charge in [-0.15, -0.1) is 11.8 Å². The van der Waals surface area contributed by atoms with Crippen LogP contribution in [0.25, 0.3) is 6.08 Å². The van der Waals surface area contributed by atoms with Crippen LogP contribution in [-0.4, -0.2) is 37.2 Å². The lowest BCUT2D eigenvalue weighted by Gasteiger charge is -2.15. The number of ether oxygens (including phenoxy) is 2. The number of thioether (sulfide) groups is 1. The van der Waals surface area contributed by atoms with Gasteiger partial charge in [0.05, 0.1) is 25.2 Å². The molecule has 0 spiro atoms. The first-order chi connectivity index (χ1) is 20.8. The fourth-order valence-electron chi connectivity index (χ4n) is 3.90. The van der Waals surface area contributed by atoms with Crippen LogP contribution >= 0.6 is 23.4 Å². The minimum absolute atomic E-state index is 0.0275. The third-order valence-corrected chi connectivity index (χ3v) is 7.65. The molecule has 0 saturated heterocycles. The molecule has 0 radical (unpaired) electrons. The van der Waals surface area contributed by atoms with Gasteiger partial charge >= 0.3 is 0 Å². The van der Waals surface area contributed by atoms with Crippen LogP contribution in [0.3, 0.4) is 0 Å². The van der Waals surface area contributed by atoms with Crippen molar-refractivity contribution in [1.29, 1.82) is 0 Å². The number of halogens is 1. The van der Waals surface area contributed by atoms with Crippen LogP contribution in [-0.2, 0) is 9.59 Å². The molecule has 10 heteroatoms. The highest BCUT2D eigenvalue weighted by Gasteiger charge is 2.18. The van der Waals surface area contributed by atoms with Gasteiger partial charge in [0, 0.05) is 27.2 Å². The molecule has 220 valence electrons. The normalized spacial score (nSPS) is 11.7. The number of carbonyl (C=O) groups excluding carboxylic acids is 3. The Morgan fingerprint density at radius 3 is 2.21 bits per heavy atom. The summed E-state index contributed by atoms with van der Waals surface area (Å²) < 4.78 is 10.6. The van der Waals surface area contributed by atoms with Crippen molar-refractivity contribution >= 4 is 58.5 Å². The zero-order valence-electron chi connectivity index (χ0n) is 23.7. The van der Waals surface area contributed by atoms with E-state index in [4.69, 9.17) is 21.1 Å². The molecule has 0 saturated carbocycles. The highest BCUT2D eigenvalue weighted by Crippen LogP contribution is 2.31. The Bertz CT molecular complexity index is 1630. The number of anilines is 2. The monoisotopic (exact) mass is 615 g/mol. The van der Waals surface area contributed by atoms with Gasteiger partial charge in [0.25, 0.3) is 11.8 Å². The summed E-state index contributed by atoms with van der Waals surface area (Å²) in [6, 6.07) is 27.8. The average Bonchev–Trinajstić information content (AvgIpc) is 3.03. The van der Waals surface area contributed by atoms with Crippen LogP contribution in [0.2, 0.25) is 5.02 Å². The fraction of sp³-hybridized carbons (Fsp3) is 0.121. The summed E-state index contributed by atoms with van der Waals surface area (Å²) in [6.07, 6.45) is 1.53. The molecule has 0 heterocycles. The second-order valence-corrected chi connectivity index (χ2v) is 11.0. The smallest absolute Gasteiger partial charge is 0.272 e. The quantitative estimate of drug-likeness (QED) is 0.125. The first kappa shape index (κ1) is 31.2. The third-order valence-electron chi connectivity index (χ3n) is 6.19. The molecule has 0 aliphatic heterocycles. The molecule has 0 fully saturated rings. The van der Waals surface area contributed by atoms with E-state index in [0.29, 0.717) is 39.0 Å². The molecule has 4 aromatic rings. The number of carbonyl (C=O) groups is 3. The Hall–Kier alpha value is -4.73. The van der Waals surface area contributed by atoms with Gasteiger partial charge in [-0.1, -0.05) is 48.0 Å². The molecule has 3 N–H and O–H groups in total. The molecule has 0 aromatic heterocycles. The van der Waals surface area contributed by atoms with E-state index in [0.717, 1.165) is 4.90 Å². The van der Waals surface area contributed by atoms with E-state index >= 15 is 0 Å². The van der Waals surface area contributed by atoms with Crippen molar-refractivity contribution in [2.75, 3.05) is 24.9 Å². The summed E-state index contributed by atoms with van der Waals surface area (Å²) in [5, 5.41) is 8.42. The second-order valence-electron chi connectivity index (χ2n) is 9.19. The lowest BCUT2D eigenvalue weighted by Crippen LogP contribution is -2.30. The predicted octanol–water partition coefficient (Wildman–Crippen LogP) is 6.89. The van der Waals surface area contributed by atoms with Crippen molar-refractivity contribution in [2.24, 2.45) is 0 Å². The van der Waals surface area contributed by atoms with E-state index in [2.05, 4.69) is 16.0 Å². The molecule has 0 aliphatic carbocycles. The van der Waals surface area contributed by atoms with Gasteiger partial charge in [-0.25, -0.2) is 0 Å². The van der Waals surface area contributed by atoms with Crippen molar-refractivity contribution in [1.82, 2.24) is 5.32 Å². The van der Waals surface area contributed by atoms with Crippen molar-refractivity contribution in [3.63, 3.8) is 0 Å². The van der Waals surface area contributed by atoms with Gasteiger partial charge in [-0.2, -0.15) is 0 Å². The zero-order valence-corrected chi connectivity index (χ0v) is 25.3. The molecular weight excluding hydrogens is 586 g/mol. The van der Waals surface area contributed by atoms with Gasteiger partial charge in [-0.3, -0.25) is 14.4 Å². The first-order valence-electron chi connectivity index (χ1n) is 13.2. The van der Waals surface area contributed by atoms with Crippen molar-refractivity contribution in [3.05, 3.63) is 119 Å². The van der Waals surface area contributed by atoms with E-state index in [-0.39, 0.29) is 11.6 Å². The van der Waals surface area contributed by atoms with Crippen LogP contribution in [0, 0.1) is 0 Å². The highest BCUT2D eigenvalue weighted by molar-refractivity contribution is 8.00. The van der Waals surface area contributed by atoms with E-state index in [1.807, 2.05) is 0 Å². The maximum absolute atomic E-state index is 13.3. The third kappa shape index (κ3) is 8.64. The Labute approximate surface area is 259 Å². The maximum Gasteiger partial charge on any atom is 0.272 e. The van der Waals surface area contributed by atoms with E-state index in [1.54, 1.807) is 111 Å². The van der Waals surface area contributed by atoms with Crippen molar-refractivity contribution in [3.8, 4) is 11.5 Å². The average molecular weight is 616 g/mol. The van der Waals surface area contributed by atoms with E-state index in [1.165, 1.54) is 24.9 Å². The number of hydrogen-bond donors (Lipinski definition) is 3. The second kappa shape index (κ2) is 14.9. The highest BCUT2D eigenvalue weighted by atomic mass is 35.5. The number of amides is 3. The Morgan fingerprint density at radius 2 is 1.53 bits per heavy atom. The Balaban J connectivity index is 1.43. The summed E-state index contributed by atoms with van der Waals surface area (Å²) in [6.45, 7) is 1.80. The molecule has 1 unspecified atom stereocenters. The summed E-state index contributed by atoms with van der Waals surface area (Å²) in [4.78, 5) is 39.8. The number of benzene rings is 4. The summed E-state index contributed by atoms with van der Waals surface area (Å²) in [5.41, 5.74) is 2.06. The maximum atomic E-state index is 13.3. The van der Waals surface area contributed by atoms with Crippen LogP contribution in [0.15, 0.2) is 108 Å². The van der Waals surface area contributed by atoms with Crippen LogP contribution < -0.4 is 25.4 Å². The Morgan fingerprint density at radius 1 is 0.837 bits per heavy atom. The first-order valence-corrected chi connectivity index (χ1v) is 14.5. The zero-order chi connectivity index (χ0) is 30.8. The summed E-state index contributed by atoms with van der Waals surface area (Å²) in [7, 11) is 3.08. The molecule has 43 heavy (non-hydrogen) atoms. The molecule has 1 atom stereocenters. The lowest BCUT2D eigenvalue weighted by molar-refractivity contribution is -0.115. The number of nitrogens with one attached hydrogen (secondary N) is 3. The van der Waals surface area contributed by atoms with Crippen LogP contribution in [0.1, 0.15) is 22.8 Å². The van der Waals surface area contributed by atoms with Gasteiger partial charge in [0.2, 0.25) is 5.91 Å². The van der Waals surface area contributed by atoms with Gasteiger partial charge in [0.1, 0.15) is 17.2 Å². The minimum Gasteiger partial charge on any atom is -0.497 e. The van der Waals surface area contributed by atoms with Gasteiger partial charge in [-0.05, 0) is 73.2 Å². The number of hydrogen-bond acceptors (Lipinski definition) is 6. The molecule has 0 aliphatic rings. The SMILES string of the molecule is COc1ccc(NC(=O)C(C)Sc2ccc(NC(=O)/C(=C/c3ccccc3Cl)NC(=O)c3ccccc3)cc2)c(OC)c1. The fourth-order valence-corrected chi connectivity index (χ4v) is 4.96. The molecule has 4 aromatic carbocycles. The largest absolute Gasteiger partial charge is 0.497 e. The summed E-state index contributed by atoms with van der Waals surface area (Å²) >= 11 is 7.67. The Kier molecular flexibility index (Phi) is 10.9. The summed E-state index contributed by atoms with van der Waals surface area (Å²) in [5.74, 6) is -0.0390. The topological polar surface area (TPSA) is 106 Å². The van der Waals surface area contributed by atoms with Crippen LogP contribution in [0.5, 0.6) is 11.5 Å². The molecule has 0 bridgehead atoms. The molecule has 3 amide bonds. The van der Waals surface area contributed by atoms with E-state index < -0.39 is 17.1 Å². The van der Waals surface area contributed by atoms with Crippen molar-refractivity contribution < 1.29 is 23.9 Å². The lowest BCUT2D eigenvalue weighted by atomic mass is 10.1. The number of rotatable bonds is 11. The van der Waals surface area contributed by atoms with Crippen LogP contribution in [0.4, 0.5) is 11.4 Å². The molecule has 4 rings (SSSR count). The van der Waals surface area contributed by atoms with Crippen molar-refractivity contribution in [2.45, 2.75) is 17.1 Å². The standard InChI is InChI=1S/C33H30ClN3O5S/c1-21(31(38)36-28-18-15-25(41-2)20-30(28)42-3)43-26-16-13-24(14-17-26)35-33(40)29(19-23-11-7-8-12-27(23)34)37-32(39)22-9-5-4-6-10-22/h4-21H,1-3H3,(H,35,40)(H,36,38)(H,37,39)/b29-19-.